The fraction of sp³-hybridized carbons (Fsp3) is 0.875. The lowest BCUT2D eigenvalue weighted by Gasteiger charge is -2.51. The summed E-state index contributed by atoms with van der Waals surface area (Å²) in [5.74, 6) is -0.867. The third-order valence-corrected chi connectivity index (χ3v) is 4.38. The minimum absolute atomic E-state index is 0.0147. The molecule has 1 amide bonds. The van der Waals surface area contributed by atoms with E-state index in [1.54, 1.807) is 12.0 Å². The van der Waals surface area contributed by atoms with Crippen LogP contribution in [-0.2, 0) is 14.3 Å². The number of aliphatic carboxylic acids is 1. The first-order chi connectivity index (χ1) is 10.6. The van der Waals surface area contributed by atoms with Crippen molar-refractivity contribution in [2.24, 2.45) is 0 Å². The second-order valence-corrected chi connectivity index (χ2v) is 7.64. The Morgan fingerprint density at radius 3 is 2.48 bits per heavy atom. The predicted octanol–water partition coefficient (Wildman–Crippen LogP) is 1.61. The second-order valence-electron chi connectivity index (χ2n) is 7.64. The molecule has 2 fully saturated rings. The molecule has 1 saturated carbocycles. The first-order valence-corrected chi connectivity index (χ1v) is 8.14. The van der Waals surface area contributed by atoms with Gasteiger partial charge in [-0.15, -0.1) is 0 Å². The molecule has 132 valence electrons. The molecule has 0 bridgehead atoms. The van der Waals surface area contributed by atoms with Crippen LogP contribution in [0.2, 0.25) is 0 Å². The van der Waals surface area contributed by atoms with Crippen LogP contribution in [0.3, 0.4) is 0 Å². The standard InChI is InChI=1S/C16H28N2O5/c1-15(2,3)23-14(21)18-9-16(10-18,8-13(19)20)17-11-6-5-7-12(11)22-4/h11-12,17H,5-10H2,1-4H3,(H,19,20). The fourth-order valence-electron chi connectivity index (χ4n) is 3.45. The first-order valence-electron chi connectivity index (χ1n) is 8.14. The molecule has 2 aliphatic rings. The molecule has 2 unspecified atom stereocenters. The smallest absolute Gasteiger partial charge is 0.410 e. The third kappa shape index (κ3) is 4.57. The number of ether oxygens (including phenoxy) is 2. The third-order valence-electron chi connectivity index (χ3n) is 4.38. The van der Waals surface area contributed by atoms with Crippen molar-refractivity contribution in [3.8, 4) is 0 Å². The second kappa shape index (κ2) is 6.65. The molecule has 23 heavy (non-hydrogen) atoms. The summed E-state index contributed by atoms with van der Waals surface area (Å²) >= 11 is 0. The quantitative estimate of drug-likeness (QED) is 0.797. The summed E-state index contributed by atoms with van der Waals surface area (Å²) in [6.07, 6.45) is 2.71. The van der Waals surface area contributed by atoms with E-state index in [1.807, 2.05) is 20.8 Å². The van der Waals surface area contributed by atoms with Crippen LogP contribution in [0.4, 0.5) is 4.79 Å². The van der Waals surface area contributed by atoms with Crippen LogP contribution in [0.15, 0.2) is 0 Å². The number of rotatable bonds is 5. The van der Waals surface area contributed by atoms with Gasteiger partial charge in [-0.05, 0) is 40.0 Å². The average molecular weight is 328 g/mol. The summed E-state index contributed by atoms with van der Waals surface area (Å²) in [5.41, 5.74) is -1.14. The highest BCUT2D eigenvalue weighted by molar-refractivity contribution is 5.73. The van der Waals surface area contributed by atoms with E-state index in [0.717, 1.165) is 19.3 Å². The van der Waals surface area contributed by atoms with Crippen molar-refractivity contribution in [2.45, 2.75) is 69.7 Å². The molecule has 0 aromatic carbocycles. The van der Waals surface area contributed by atoms with Crippen LogP contribution in [0.5, 0.6) is 0 Å². The van der Waals surface area contributed by atoms with Crippen LogP contribution < -0.4 is 5.32 Å². The summed E-state index contributed by atoms with van der Waals surface area (Å²) in [4.78, 5) is 24.9. The monoisotopic (exact) mass is 328 g/mol. The van der Waals surface area contributed by atoms with Crippen molar-refractivity contribution >= 4 is 12.1 Å². The van der Waals surface area contributed by atoms with Crippen LogP contribution >= 0.6 is 0 Å². The predicted molar refractivity (Wildman–Crippen MR) is 84.4 cm³/mol. The molecule has 0 aromatic heterocycles. The normalized spacial score (nSPS) is 26.7. The van der Waals surface area contributed by atoms with Gasteiger partial charge in [0.15, 0.2) is 0 Å². The maximum Gasteiger partial charge on any atom is 0.410 e. The van der Waals surface area contributed by atoms with Crippen molar-refractivity contribution in [2.75, 3.05) is 20.2 Å². The molecule has 0 radical (unpaired) electrons. The first kappa shape index (κ1) is 18.0. The minimum Gasteiger partial charge on any atom is -0.481 e. The molecule has 1 aliphatic carbocycles. The molecular weight excluding hydrogens is 300 g/mol. The topological polar surface area (TPSA) is 88.1 Å². The molecule has 0 aromatic rings. The van der Waals surface area contributed by atoms with Gasteiger partial charge >= 0.3 is 12.1 Å². The van der Waals surface area contributed by atoms with E-state index in [2.05, 4.69) is 5.32 Å². The van der Waals surface area contributed by atoms with Crippen LogP contribution in [-0.4, -0.2) is 65.6 Å². The lowest BCUT2D eigenvalue weighted by Crippen LogP contribution is -2.73. The van der Waals surface area contributed by atoms with Crippen molar-refractivity contribution in [1.82, 2.24) is 10.2 Å². The Labute approximate surface area is 137 Å². The number of nitrogens with zero attached hydrogens (tertiary/aromatic N) is 1. The van der Waals surface area contributed by atoms with E-state index in [1.165, 1.54) is 0 Å². The van der Waals surface area contributed by atoms with Gasteiger partial charge in [0.05, 0.1) is 18.1 Å². The summed E-state index contributed by atoms with van der Waals surface area (Å²) in [7, 11) is 1.68. The number of carbonyl (C=O) groups excluding carboxylic acids is 1. The highest BCUT2D eigenvalue weighted by atomic mass is 16.6. The number of amides is 1. The van der Waals surface area contributed by atoms with Gasteiger partial charge in [0, 0.05) is 26.2 Å². The lowest BCUT2D eigenvalue weighted by molar-refractivity contribution is -0.141. The molecule has 2 N–H and O–H groups in total. The van der Waals surface area contributed by atoms with Gasteiger partial charge < -0.3 is 24.8 Å². The SMILES string of the molecule is COC1CCCC1NC1(CC(=O)O)CN(C(=O)OC(C)(C)C)C1. The van der Waals surface area contributed by atoms with Gasteiger partial charge in [-0.3, -0.25) is 4.79 Å². The number of carbonyl (C=O) groups is 2. The zero-order valence-corrected chi connectivity index (χ0v) is 14.4. The van der Waals surface area contributed by atoms with Crippen LogP contribution in [0.1, 0.15) is 46.5 Å². The highest BCUT2D eigenvalue weighted by Gasteiger charge is 2.50. The molecule has 2 atom stereocenters. The number of carboxylic acid groups (broad SMARTS) is 1. The Morgan fingerprint density at radius 2 is 1.96 bits per heavy atom. The Kier molecular flexibility index (Phi) is 5.20. The number of carboxylic acids is 1. The van der Waals surface area contributed by atoms with Crippen LogP contribution in [0.25, 0.3) is 0 Å². The van der Waals surface area contributed by atoms with E-state index >= 15 is 0 Å². The Bertz CT molecular complexity index is 454. The summed E-state index contributed by atoms with van der Waals surface area (Å²) in [6.45, 7) is 6.14. The van der Waals surface area contributed by atoms with E-state index in [0.29, 0.717) is 13.1 Å². The van der Waals surface area contributed by atoms with E-state index in [9.17, 15) is 14.7 Å². The van der Waals surface area contributed by atoms with Crippen molar-refractivity contribution in [3.05, 3.63) is 0 Å². The summed E-state index contributed by atoms with van der Waals surface area (Å²) in [6, 6.07) is 0.139. The highest BCUT2D eigenvalue weighted by Crippen LogP contribution is 2.31. The lowest BCUT2D eigenvalue weighted by atomic mass is 9.85. The zero-order valence-electron chi connectivity index (χ0n) is 14.4. The molecule has 1 heterocycles. The molecular formula is C16H28N2O5. The number of hydrogen-bond donors (Lipinski definition) is 2. The zero-order chi connectivity index (χ0) is 17.3. The van der Waals surface area contributed by atoms with Gasteiger partial charge in [-0.25, -0.2) is 4.79 Å². The van der Waals surface area contributed by atoms with E-state index in [-0.39, 0.29) is 18.6 Å². The number of nitrogens with one attached hydrogen (secondary N) is 1. The minimum atomic E-state index is -0.867. The average Bonchev–Trinajstić information content (AvgIpc) is 2.79. The largest absolute Gasteiger partial charge is 0.481 e. The van der Waals surface area contributed by atoms with Crippen molar-refractivity contribution in [3.63, 3.8) is 0 Å². The molecule has 1 saturated heterocycles. The van der Waals surface area contributed by atoms with E-state index in [4.69, 9.17) is 9.47 Å². The Morgan fingerprint density at radius 1 is 1.30 bits per heavy atom. The number of likely N-dealkylation sites (tertiary alicyclic amines) is 1. The maximum atomic E-state index is 12.1. The molecule has 0 spiro atoms. The van der Waals surface area contributed by atoms with Gasteiger partial charge in [0.2, 0.25) is 0 Å². The molecule has 2 rings (SSSR count). The molecule has 7 heteroatoms. The molecule has 1 aliphatic heterocycles. The summed E-state index contributed by atoms with van der Waals surface area (Å²) < 4.78 is 10.8. The van der Waals surface area contributed by atoms with Crippen LogP contribution in [0, 0.1) is 0 Å². The van der Waals surface area contributed by atoms with Gasteiger partial charge in [-0.2, -0.15) is 0 Å². The van der Waals surface area contributed by atoms with Gasteiger partial charge in [-0.1, -0.05) is 0 Å². The number of methoxy groups -OCH3 is 1. The van der Waals surface area contributed by atoms with Crippen molar-refractivity contribution < 1.29 is 24.2 Å². The van der Waals surface area contributed by atoms with Gasteiger partial charge in [0.25, 0.3) is 0 Å². The van der Waals surface area contributed by atoms with Crippen molar-refractivity contribution in [1.29, 1.82) is 0 Å². The number of hydrogen-bond acceptors (Lipinski definition) is 5. The molecule has 7 nitrogen and oxygen atoms in total. The fourth-order valence-corrected chi connectivity index (χ4v) is 3.45. The Balaban J connectivity index is 1.97. The maximum absolute atomic E-state index is 12.1. The summed E-state index contributed by atoms with van der Waals surface area (Å²) in [5, 5.41) is 12.7. The Hall–Kier alpha value is -1.34. The van der Waals surface area contributed by atoms with Gasteiger partial charge in [0.1, 0.15) is 5.60 Å². The van der Waals surface area contributed by atoms with E-state index < -0.39 is 23.2 Å².